The first-order valence-corrected chi connectivity index (χ1v) is 12.9. The van der Waals surface area contributed by atoms with E-state index in [4.69, 9.17) is 14.7 Å². The number of carbonyl (C=O) groups is 2. The molecule has 2 aromatic rings. The number of nitrogens with zero attached hydrogens (tertiary/aromatic N) is 5. The number of hydrogen-bond acceptors (Lipinski definition) is 10. The second kappa shape index (κ2) is 8.83. The van der Waals surface area contributed by atoms with E-state index >= 15 is 0 Å². The fraction of sp³-hybridized carbons (Fsp3) is 0.550. The van der Waals surface area contributed by atoms with Crippen LogP contribution in [0.25, 0.3) is 0 Å². The molecule has 12 heteroatoms. The average molecular weight is 478 g/mol. The van der Waals surface area contributed by atoms with Gasteiger partial charge >= 0.3 is 5.97 Å². The molecule has 0 aromatic carbocycles. The summed E-state index contributed by atoms with van der Waals surface area (Å²) >= 11 is 0.497. The van der Waals surface area contributed by atoms with Gasteiger partial charge in [-0.25, -0.2) is 14.8 Å². The Kier molecular flexibility index (Phi) is 5.91. The van der Waals surface area contributed by atoms with Gasteiger partial charge in [0.1, 0.15) is 11.8 Å². The molecule has 2 N–H and O–H groups in total. The first-order valence-electron chi connectivity index (χ1n) is 10.6. The Labute approximate surface area is 192 Å². The van der Waals surface area contributed by atoms with E-state index in [0.717, 1.165) is 42.9 Å². The molecule has 2 saturated heterocycles. The molecular formula is C20H25N6O4S2+. The summed E-state index contributed by atoms with van der Waals surface area (Å²) < 4.78 is 16.0. The van der Waals surface area contributed by atoms with Crippen molar-refractivity contribution in [3.63, 3.8) is 0 Å². The predicted molar refractivity (Wildman–Crippen MR) is 121 cm³/mol. The predicted octanol–water partition coefficient (Wildman–Crippen LogP) is 1.41. The van der Waals surface area contributed by atoms with Crippen LogP contribution in [0.5, 0.6) is 0 Å². The normalized spacial score (nSPS) is 21.2. The van der Waals surface area contributed by atoms with E-state index in [1.807, 2.05) is 9.80 Å². The molecule has 0 bridgehead atoms. The number of hydrogen-bond donors (Lipinski definition) is 2. The van der Waals surface area contributed by atoms with E-state index in [0.29, 0.717) is 36.3 Å². The first kappa shape index (κ1) is 21.4. The number of amides is 1. The van der Waals surface area contributed by atoms with Crippen molar-refractivity contribution in [2.75, 3.05) is 42.1 Å². The maximum atomic E-state index is 12.1. The topological polar surface area (TPSA) is 121 Å². The molecule has 5 heterocycles. The molecular weight excluding hydrogens is 452 g/mol. The standard InChI is InChI=1S/C20H25N6O4S2/c1-12(27)25-5-2-13(3-6-25)22-18-17-15(4-7-32(17)29)23-20(24-18)26-8-14(9-26)30-19(28)16-10-31-11-21-16/h10-11,13-14,29H,2-9H2,1H3,(H,22,23,24)/q+1. The second-order valence-electron chi connectivity index (χ2n) is 8.20. The number of thiazole rings is 1. The van der Waals surface area contributed by atoms with Crippen molar-refractivity contribution in [1.29, 1.82) is 0 Å². The summed E-state index contributed by atoms with van der Waals surface area (Å²) in [6.45, 7) is 4.08. The number of nitrogens with one attached hydrogen (secondary N) is 1. The minimum absolute atomic E-state index is 0.105. The number of esters is 1. The van der Waals surface area contributed by atoms with E-state index in [2.05, 4.69) is 10.3 Å². The minimum Gasteiger partial charge on any atom is -0.454 e. The maximum Gasteiger partial charge on any atom is 0.358 e. The van der Waals surface area contributed by atoms with Crippen molar-refractivity contribution in [2.45, 2.75) is 43.2 Å². The van der Waals surface area contributed by atoms with Crippen LogP contribution >= 0.6 is 11.3 Å². The highest BCUT2D eigenvalue weighted by atomic mass is 32.2. The van der Waals surface area contributed by atoms with E-state index in [1.165, 1.54) is 11.3 Å². The number of anilines is 2. The number of carbonyl (C=O) groups excluding carboxylic acids is 2. The fourth-order valence-corrected chi connectivity index (χ4v) is 6.03. The lowest BCUT2D eigenvalue weighted by atomic mass is 10.1. The molecule has 0 aliphatic carbocycles. The number of rotatable bonds is 5. The Hall–Kier alpha value is -2.44. The third kappa shape index (κ3) is 4.26. The van der Waals surface area contributed by atoms with Crippen molar-refractivity contribution in [1.82, 2.24) is 19.9 Å². The summed E-state index contributed by atoms with van der Waals surface area (Å²) in [5.74, 6) is 1.64. The summed E-state index contributed by atoms with van der Waals surface area (Å²) in [5, 5.41) is 5.19. The second-order valence-corrected chi connectivity index (χ2v) is 10.5. The maximum absolute atomic E-state index is 12.1. The number of piperidine rings is 1. The highest BCUT2D eigenvalue weighted by Gasteiger charge is 2.41. The van der Waals surface area contributed by atoms with Crippen molar-refractivity contribution in [3.8, 4) is 0 Å². The van der Waals surface area contributed by atoms with Gasteiger partial charge in [-0.05, 0) is 12.8 Å². The summed E-state index contributed by atoms with van der Waals surface area (Å²) in [6.07, 6.45) is 2.18. The molecule has 10 nitrogen and oxygen atoms in total. The SMILES string of the molecule is CC(=O)N1CCC(Nc2nc(N3CC(OC(=O)c4cscn4)C3)nc3c2[S+](O)CC3)CC1. The largest absolute Gasteiger partial charge is 0.454 e. The lowest BCUT2D eigenvalue weighted by molar-refractivity contribution is -0.129. The first-order chi connectivity index (χ1) is 15.5. The van der Waals surface area contributed by atoms with Crippen LogP contribution in [-0.2, 0) is 27.1 Å². The molecule has 1 amide bonds. The molecule has 2 aromatic heterocycles. The highest BCUT2D eigenvalue weighted by molar-refractivity contribution is 7.92. The van der Waals surface area contributed by atoms with E-state index in [-0.39, 0.29) is 18.1 Å². The molecule has 0 saturated carbocycles. The van der Waals surface area contributed by atoms with Gasteiger partial charge in [0, 0.05) is 37.9 Å². The zero-order valence-electron chi connectivity index (χ0n) is 17.7. The molecule has 170 valence electrons. The van der Waals surface area contributed by atoms with Crippen molar-refractivity contribution < 1.29 is 18.9 Å². The van der Waals surface area contributed by atoms with Crippen LogP contribution in [0.2, 0.25) is 0 Å². The zero-order valence-corrected chi connectivity index (χ0v) is 19.3. The van der Waals surface area contributed by atoms with E-state index in [9.17, 15) is 14.1 Å². The van der Waals surface area contributed by atoms with Crippen molar-refractivity contribution in [2.24, 2.45) is 0 Å². The zero-order chi connectivity index (χ0) is 22.2. The molecule has 32 heavy (non-hydrogen) atoms. The van der Waals surface area contributed by atoms with Crippen LogP contribution in [0.3, 0.4) is 0 Å². The molecule has 5 rings (SSSR count). The molecule has 0 spiro atoms. The van der Waals surface area contributed by atoms with Crippen LogP contribution in [-0.4, -0.2) is 80.4 Å². The fourth-order valence-electron chi connectivity index (χ4n) is 4.17. The molecule has 3 aliphatic rings. The Morgan fingerprint density at radius 3 is 2.75 bits per heavy atom. The number of ether oxygens (including phenoxy) is 1. The lowest BCUT2D eigenvalue weighted by Gasteiger charge is -2.38. The Bertz CT molecular complexity index is 1010. The smallest absolute Gasteiger partial charge is 0.358 e. The van der Waals surface area contributed by atoms with Gasteiger partial charge in [-0.2, -0.15) is 9.54 Å². The summed E-state index contributed by atoms with van der Waals surface area (Å²) in [6, 6.07) is 0.193. The van der Waals surface area contributed by atoms with Gasteiger partial charge in [-0.15, -0.1) is 11.3 Å². The van der Waals surface area contributed by atoms with Crippen LogP contribution < -0.4 is 10.2 Å². The summed E-state index contributed by atoms with van der Waals surface area (Å²) in [4.78, 5) is 41.8. The highest BCUT2D eigenvalue weighted by Crippen LogP contribution is 2.34. The van der Waals surface area contributed by atoms with Gasteiger partial charge in [0.25, 0.3) is 4.90 Å². The molecule has 2 fully saturated rings. The third-order valence-electron chi connectivity index (χ3n) is 6.02. The van der Waals surface area contributed by atoms with Crippen LogP contribution in [0.15, 0.2) is 15.8 Å². The Balaban J connectivity index is 1.26. The number of fused-ring (bicyclic) bond motifs is 1. The minimum atomic E-state index is -0.861. The lowest BCUT2D eigenvalue weighted by Crippen LogP contribution is -2.54. The van der Waals surface area contributed by atoms with Crippen LogP contribution in [0.4, 0.5) is 11.8 Å². The van der Waals surface area contributed by atoms with Crippen LogP contribution in [0, 0.1) is 0 Å². The Morgan fingerprint density at radius 2 is 2.06 bits per heavy atom. The number of aryl methyl sites for hydroxylation is 1. The van der Waals surface area contributed by atoms with Crippen LogP contribution in [0.1, 0.15) is 35.9 Å². The summed E-state index contributed by atoms with van der Waals surface area (Å²) in [7, 11) is 0. The van der Waals surface area contributed by atoms with Gasteiger partial charge in [-0.1, -0.05) is 0 Å². The van der Waals surface area contributed by atoms with Gasteiger partial charge < -0.3 is 19.9 Å². The third-order valence-corrected chi connectivity index (χ3v) is 8.10. The quantitative estimate of drug-likeness (QED) is 0.486. The average Bonchev–Trinajstić information content (AvgIpc) is 3.41. The van der Waals surface area contributed by atoms with Gasteiger partial charge in [0.15, 0.2) is 28.4 Å². The molecule has 1 unspecified atom stereocenters. The van der Waals surface area contributed by atoms with Gasteiger partial charge in [0.2, 0.25) is 11.9 Å². The Morgan fingerprint density at radius 1 is 1.28 bits per heavy atom. The van der Waals surface area contributed by atoms with E-state index in [1.54, 1.807) is 17.8 Å². The molecule has 1 atom stereocenters. The number of likely N-dealkylation sites (tertiary alicyclic amines) is 1. The molecule has 0 radical (unpaired) electrons. The van der Waals surface area contributed by atoms with Gasteiger partial charge in [0.05, 0.1) is 18.6 Å². The summed E-state index contributed by atoms with van der Waals surface area (Å²) in [5.41, 5.74) is 2.82. The number of aromatic nitrogens is 3. The van der Waals surface area contributed by atoms with E-state index < -0.39 is 17.1 Å². The van der Waals surface area contributed by atoms with Crippen molar-refractivity contribution in [3.05, 3.63) is 22.3 Å². The van der Waals surface area contributed by atoms with Crippen molar-refractivity contribution >= 4 is 46.2 Å². The monoisotopic (exact) mass is 477 g/mol. The molecule has 3 aliphatic heterocycles. The van der Waals surface area contributed by atoms with Gasteiger partial charge in [-0.3, -0.25) is 4.79 Å².